The summed E-state index contributed by atoms with van der Waals surface area (Å²) < 4.78 is 0. The molecule has 48 valence electrons. The molecule has 0 saturated carbocycles. The van der Waals surface area contributed by atoms with Crippen molar-refractivity contribution in [3.8, 4) is 0 Å². The zero-order valence-electron chi connectivity index (χ0n) is 4.82. The van der Waals surface area contributed by atoms with Crippen molar-refractivity contribution in [2.24, 2.45) is 0 Å². The van der Waals surface area contributed by atoms with E-state index in [0.29, 0.717) is 0 Å². The van der Waals surface area contributed by atoms with Gasteiger partial charge in [-0.3, -0.25) is 4.98 Å². The lowest BCUT2D eigenvalue weighted by atomic mass is 10.5. The van der Waals surface area contributed by atoms with E-state index < -0.39 is 0 Å². The van der Waals surface area contributed by atoms with Crippen LogP contribution in [0.5, 0.6) is 0 Å². The van der Waals surface area contributed by atoms with Crippen molar-refractivity contribution in [2.45, 2.75) is 4.90 Å². The standard InChI is InChI=1S/C6H7NOS/c8-5-9-6-1-3-7-4-2-6/h1-4,8H,5H2. The molecule has 0 fully saturated rings. The minimum atomic E-state index is 0.129. The molecule has 1 N–H and O–H groups in total. The summed E-state index contributed by atoms with van der Waals surface area (Å²) in [6, 6.07) is 3.72. The number of aliphatic hydroxyl groups is 1. The topological polar surface area (TPSA) is 33.1 Å². The maximum Gasteiger partial charge on any atom is 0.0932 e. The smallest absolute Gasteiger partial charge is 0.0932 e. The van der Waals surface area contributed by atoms with Gasteiger partial charge in [-0.25, -0.2) is 0 Å². The molecule has 9 heavy (non-hydrogen) atoms. The first-order valence-electron chi connectivity index (χ1n) is 2.57. The van der Waals surface area contributed by atoms with E-state index in [9.17, 15) is 0 Å². The highest BCUT2D eigenvalue weighted by Gasteiger charge is 1.86. The predicted octanol–water partition coefficient (Wildman–Crippen LogP) is 1.12. The lowest BCUT2D eigenvalue weighted by molar-refractivity contribution is 0.375. The number of pyridine rings is 1. The number of hydrogen-bond acceptors (Lipinski definition) is 3. The minimum Gasteiger partial charge on any atom is -0.385 e. The largest absolute Gasteiger partial charge is 0.385 e. The van der Waals surface area contributed by atoms with E-state index in [1.54, 1.807) is 12.4 Å². The van der Waals surface area contributed by atoms with Gasteiger partial charge in [0.05, 0.1) is 5.94 Å². The third-order valence-corrected chi connectivity index (χ3v) is 1.62. The first-order chi connectivity index (χ1) is 4.43. The summed E-state index contributed by atoms with van der Waals surface area (Å²) in [4.78, 5) is 4.88. The second-order valence-corrected chi connectivity index (χ2v) is 2.47. The van der Waals surface area contributed by atoms with Crippen molar-refractivity contribution in [3.05, 3.63) is 24.5 Å². The van der Waals surface area contributed by atoms with E-state index >= 15 is 0 Å². The number of nitrogens with zero attached hydrogens (tertiary/aromatic N) is 1. The highest BCUT2D eigenvalue weighted by molar-refractivity contribution is 7.99. The molecule has 0 spiro atoms. The molecular formula is C6H7NOS. The Balaban J connectivity index is 2.61. The van der Waals surface area contributed by atoms with E-state index in [4.69, 9.17) is 5.11 Å². The SMILES string of the molecule is OCSc1ccncc1. The second-order valence-electron chi connectivity index (χ2n) is 1.46. The van der Waals surface area contributed by atoms with Crippen molar-refractivity contribution in [2.75, 3.05) is 5.94 Å². The molecule has 1 aromatic heterocycles. The summed E-state index contributed by atoms with van der Waals surface area (Å²) in [5.74, 6) is 0.129. The maximum atomic E-state index is 8.46. The molecule has 0 aliphatic carbocycles. The maximum absolute atomic E-state index is 8.46. The summed E-state index contributed by atoms with van der Waals surface area (Å²) in [6.45, 7) is 0. The van der Waals surface area contributed by atoms with Gasteiger partial charge >= 0.3 is 0 Å². The fourth-order valence-corrected chi connectivity index (χ4v) is 0.972. The van der Waals surface area contributed by atoms with Crippen molar-refractivity contribution in [1.29, 1.82) is 0 Å². The predicted molar refractivity (Wildman–Crippen MR) is 37.2 cm³/mol. The Morgan fingerprint density at radius 3 is 2.67 bits per heavy atom. The van der Waals surface area contributed by atoms with Gasteiger partial charge in [-0.2, -0.15) is 0 Å². The molecule has 0 amide bonds. The Hall–Kier alpha value is -0.540. The highest BCUT2D eigenvalue weighted by atomic mass is 32.2. The van der Waals surface area contributed by atoms with E-state index in [1.165, 1.54) is 11.8 Å². The molecule has 3 heteroatoms. The van der Waals surface area contributed by atoms with Gasteiger partial charge in [0, 0.05) is 17.3 Å². The van der Waals surface area contributed by atoms with Crippen LogP contribution in [0.25, 0.3) is 0 Å². The summed E-state index contributed by atoms with van der Waals surface area (Å²) in [7, 11) is 0. The van der Waals surface area contributed by atoms with Crippen LogP contribution in [0.3, 0.4) is 0 Å². The Kier molecular flexibility index (Phi) is 2.54. The number of rotatable bonds is 2. The Morgan fingerprint density at radius 1 is 1.44 bits per heavy atom. The average Bonchev–Trinajstić information content (AvgIpc) is 1.91. The minimum absolute atomic E-state index is 0.129. The molecular weight excluding hydrogens is 134 g/mol. The van der Waals surface area contributed by atoms with E-state index in [2.05, 4.69) is 4.98 Å². The molecule has 2 nitrogen and oxygen atoms in total. The van der Waals surface area contributed by atoms with Crippen molar-refractivity contribution < 1.29 is 5.11 Å². The van der Waals surface area contributed by atoms with E-state index in [-0.39, 0.29) is 5.94 Å². The summed E-state index contributed by atoms with van der Waals surface area (Å²) >= 11 is 1.39. The molecule has 1 rings (SSSR count). The molecule has 0 aromatic carbocycles. The van der Waals surface area contributed by atoms with Crippen LogP contribution in [0.2, 0.25) is 0 Å². The van der Waals surface area contributed by atoms with Gasteiger partial charge in [0.15, 0.2) is 0 Å². The van der Waals surface area contributed by atoms with Gasteiger partial charge < -0.3 is 5.11 Å². The van der Waals surface area contributed by atoms with Gasteiger partial charge in [-0.05, 0) is 12.1 Å². The van der Waals surface area contributed by atoms with Crippen LogP contribution in [-0.4, -0.2) is 16.0 Å². The van der Waals surface area contributed by atoms with Gasteiger partial charge in [0.2, 0.25) is 0 Å². The third kappa shape index (κ3) is 2.03. The molecule has 1 aromatic rings. The number of thioether (sulfide) groups is 1. The molecule has 0 saturated heterocycles. The van der Waals surface area contributed by atoms with Crippen LogP contribution in [-0.2, 0) is 0 Å². The van der Waals surface area contributed by atoms with Crippen LogP contribution in [0.1, 0.15) is 0 Å². The van der Waals surface area contributed by atoms with Crippen molar-refractivity contribution >= 4 is 11.8 Å². The summed E-state index contributed by atoms with van der Waals surface area (Å²) in [5.41, 5.74) is 0. The Morgan fingerprint density at radius 2 is 2.11 bits per heavy atom. The van der Waals surface area contributed by atoms with Crippen LogP contribution in [0, 0.1) is 0 Å². The molecule has 0 aliphatic heterocycles. The third-order valence-electron chi connectivity index (χ3n) is 0.881. The Bertz CT molecular complexity index is 166. The number of aromatic nitrogens is 1. The fourth-order valence-electron chi connectivity index (χ4n) is 0.509. The van der Waals surface area contributed by atoms with Crippen molar-refractivity contribution in [1.82, 2.24) is 4.98 Å². The molecule has 1 heterocycles. The molecule has 0 atom stereocenters. The first-order valence-corrected chi connectivity index (χ1v) is 3.56. The molecule has 0 aliphatic rings. The highest BCUT2D eigenvalue weighted by Crippen LogP contribution is 2.13. The molecule has 0 unspecified atom stereocenters. The van der Waals surface area contributed by atoms with Crippen molar-refractivity contribution in [3.63, 3.8) is 0 Å². The summed E-state index contributed by atoms with van der Waals surface area (Å²) in [5, 5.41) is 8.46. The zero-order chi connectivity index (χ0) is 6.53. The first kappa shape index (κ1) is 6.58. The van der Waals surface area contributed by atoms with Gasteiger partial charge in [-0.1, -0.05) is 11.8 Å². The monoisotopic (exact) mass is 141 g/mol. The second kappa shape index (κ2) is 3.48. The normalized spacial score (nSPS) is 9.44. The van der Waals surface area contributed by atoms with Crippen LogP contribution >= 0.6 is 11.8 Å². The molecule has 0 radical (unpaired) electrons. The lowest BCUT2D eigenvalue weighted by Crippen LogP contribution is -1.74. The number of hydrogen-bond donors (Lipinski definition) is 1. The van der Waals surface area contributed by atoms with Gasteiger partial charge in [-0.15, -0.1) is 0 Å². The van der Waals surface area contributed by atoms with Crippen LogP contribution in [0.15, 0.2) is 29.4 Å². The lowest BCUT2D eigenvalue weighted by Gasteiger charge is -1.92. The quantitative estimate of drug-likeness (QED) is 0.495. The molecule has 0 bridgehead atoms. The van der Waals surface area contributed by atoms with E-state index in [1.807, 2.05) is 12.1 Å². The van der Waals surface area contributed by atoms with Crippen LogP contribution in [0.4, 0.5) is 0 Å². The van der Waals surface area contributed by atoms with Gasteiger partial charge in [0.1, 0.15) is 0 Å². The van der Waals surface area contributed by atoms with E-state index in [0.717, 1.165) is 4.90 Å². The zero-order valence-corrected chi connectivity index (χ0v) is 5.64. The van der Waals surface area contributed by atoms with Crippen LogP contribution < -0.4 is 0 Å². The van der Waals surface area contributed by atoms with Gasteiger partial charge in [0.25, 0.3) is 0 Å². The summed E-state index contributed by atoms with van der Waals surface area (Å²) in [6.07, 6.45) is 3.41. The Labute approximate surface area is 57.9 Å². The number of aliphatic hydroxyl groups excluding tert-OH is 1. The average molecular weight is 141 g/mol. The fraction of sp³-hybridized carbons (Fsp3) is 0.167.